The maximum Gasteiger partial charge on any atom is 0.244 e. The molecule has 0 amide bonds. The van der Waals surface area contributed by atoms with E-state index in [0.717, 1.165) is 38.5 Å². The molecule has 0 unspecified atom stereocenters. The highest BCUT2D eigenvalue weighted by Crippen LogP contribution is 2.45. The summed E-state index contributed by atoms with van der Waals surface area (Å²) in [5, 5.41) is 11.7. The molecule has 6 rings (SSSR count). The van der Waals surface area contributed by atoms with Crippen LogP contribution in [0.25, 0.3) is 11.4 Å². The third-order valence-corrected chi connectivity index (χ3v) is 8.42. The zero-order valence-electron chi connectivity index (χ0n) is 18.0. The monoisotopic (exact) mass is 472 g/mol. The zero-order chi connectivity index (χ0) is 22.6. The van der Waals surface area contributed by atoms with Crippen LogP contribution in [0.1, 0.15) is 80.7 Å². The van der Waals surface area contributed by atoms with Crippen molar-refractivity contribution in [3.63, 3.8) is 0 Å². The summed E-state index contributed by atoms with van der Waals surface area (Å²) in [5.41, 5.74) is 0.954. The molecule has 11 heteroatoms. The molecule has 0 spiro atoms. The Balaban J connectivity index is 1.29. The van der Waals surface area contributed by atoms with Crippen molar-refractivity contribution in [2.24, 2.45) is 0 Å². The molecule has 9 nitrogen and oxygen atoms in total. The van der Waals surface area contributed by atoms with Crippen molar-refractivity contribution in [1.82, 2.24) is 29.6 Å². The average Bonchev–Trinajstić information content (AvgIpc) is 3.71. The Morgan fingerprint density at radius 2 is 1.79 bits per heavy atom. The standard InChI is InChI=1S/C22H25FN6O3S/c23-19-9-15(21-26-22(32-27-21)14-6-7-14)8-18(13-4-5-13)20(19)33(30,31)28-16-2-1-3-17(10-16)29-11-24-25-12-29/h8-9,11-14,16-17,28H,1-7,10H2/t16-,17+/m0/s1. The number of nitrogens with zero attached hydrogens (tertiary/aromatic N) is 5. The number of halogens is 1. The molecule has 3 fully saturated rings. The number of hydrogen-bond donors (Lipinski definition) is 1. The molecule has 2 atom stereocenters. The smallest absolute Gasteiger partial charge is 0.244 e. The van der Waals surface area contributed by atoms with Gasteiger partial charge in [-0.05, 0) is 75.0 Å². The Morgan fingerprint density at radius 1 is 1.03 bits per heavy atom. The highest BCUT2D eigenvalue weighted by Gasteiger charge is 2.36. The van der Waals surface area contributed by atoms with Gasteiger partial charge in [0.25, 0.3) is 0 Å². The first kappa shape index (κ1) is 20.9. The number of rotatable bonds is 7. The van der Waals surface area contributed by atoms with Gasteiger partial charge >= 0.3 is 0 Å². The zero-order valence-corrected chi connectivity index (χ0v) is 18.8. The second kappa shape index (κ2) is 7.98. The predicted molar refractivity (Wildman–Crippen MR) is 115 cm³/mol. The third kappa shape index (κ3) is 4.19. The topological polar surface area (TPSA) is 116 Å². The molecule has 1 N–H and O–H groups in total. The first-order chi connectivity index (χ1) is 16.0. The van der Waals surface area contributed by atoms with Crippen LogP contribution < -0.4 is 4.72 Å². The summed E-state index contributed by atoms with van der Waals surface area (Å²) < 4.78 is 52.2. The second-order valence-electron chi connectivity index (χ2n) is 9.43. The maximum absolute atomic E-state index is 15.4. The van der Waals surface area contributed by atoms with Gasteiger partial charge in [0.2, 0.25) is 21.7 Å². The molecular weight excluding hydrogens is 447 g/mol. The lowest BCUT2D eigenvalue weighted by atomic mass is 9.91. The van der Waals surface area contributed by atoms with Crippen molar-refractivity contribution in [3.05, 3.63) is 42.1 Å². The van der Waals surface area contributed by atoms with E-state index in [1.165, 1.54) is 6.07 Å². The van der Waals surface area contributed by atoms with Crippen LogP contribution in [0, 0.1) is 5.82 Å². The van der Waals surface area contributed by atoms with Crippen LogP contribution in [0.2, 0.25) is 0 Å². The first-order valence-corrected chi connectivity index (χ1v) is 13.0. The Kier molecular flexibility index (Phi) is 5.06. The molecule has 0 aliphatic heterocycles. The van der Waals surface area contributed by atoms with E-state index >= 15 is 4.39 Å². The van der Waals surface area contributed by atoms with E-state index in [0.29, 0.717) is 41.6 Å². The quantitative estimate of drug-likeness (QED) is 0.557. The molecular formula is C22H25FN6O3S. The van der Waals surface area contributed by atoms with Gasteiger partial charge in [0.1, 0.15) is 23.4 Å². The summed E-state index contributed by atoms with van der Waals surface area (Å²) in [7, 11) is -4.05. The molecule has 0 saturated heterocycles. The van der Waals surface area contributed by atoms with Crippen LogP contribution in [-0.4, -0.2) is 39.4 Å². The molecule has 174 valence electrons. The Bertz CT molecular complexity index is 1270. The van der Waals surface area contributed by atoms with Crippen LogP contribution in [0.4, 0.5) is 4.39 Å². The number of hydrogen-bond acceptors (Lipinski definition) is 7. The van der Waals surface area contributed by atoms with E-state index in [1.54, 1.807) is 18.7 Å². The minimum Gasteiger partial charge on any atom is -0.339 e. The predicted octanol–water partition coefficient (Wildman–Crippen LogP) is 3.68. The number of nitrogens with one attached hydrogen (secondary N) is 1. The van der Waals surface area contributed by atoms with Crippen LogP contribution in [-0.2, 0) is 10.0 Å². The minimum atomic E-state index is -4.05. The summed E-state index contributed by atoms with van der Waals surface area (Å²) in [6.07, 6.45) is 10.1. The summed E-state index contributed by atoms with van der Waals surface area (Å²) >= 11 is 0. The average molecular weight is 473 g/mol. The van der Waals surface area contributed by atoms with Crippen LogP contribution in [0.5, 0.6) is 0 Å². The van der Waals surface area contributed by atoms with E-state index in [9.17, 15) is 8.42 Å². The highest BCUT2D eigenvalue weighted by atomic mass is 32.2. The van der Waals surface area contributed by atoms with Gasteiger partial charge in [-0.25, -0.2) is 17.5 Å². The Morgan fingerprint density at radius 3 is 2.52 bits per heavy atom. The van der Waals surface area contributed by atoms with E-state index < -0.39 is 15.8 Å². The van der Waals surface area contributed by atoms with E-state index in [-0.39, 0.29) is 22.9 Å². The largest absolute Gasteiger partial charge is 0.339 e. The van der Waals surface area contributed by atoms with Crippen LogP contribution in [0.3, 0.4) is 0 Å². The van der Waals surface area contributed by atoms with E-state index in [4.69, 9.17) is 4.52 Å². The molecule has 3 aromatic rings. The molecule has 3 saturated carbocycles. The highest BCUT2D eigenvalue weighted by molar-refractivity contribution is 7.89. The fourth-order valence-corrected chi connectivity index (χ4v) is 6.41. The van der Waals surface area contributed by atoms with Crippen molar-refractivity contribution < 1.29 is 17.3 Å². The van der Waals surface area contributed by atoms with Crippen LogP contribution >= 0.6 is 0 Å². The Labute approximate surface area is 190 Å². The van der Waals surface area contributed by atoms with Gasteiger partial charge in [-0.2, -0.15) is 4.98 Å². The fourth-order valence-electron chi connectivity index (χ4n) is 4.79. The first-order valence-electron chi connectivity index (χ1n) is 11.5. The lowest BCUT2D eigenvalue weighted by Gasteiger charge is -2.30. The fraction of sp³-hybridized carbons (Fsp3) is 0.545. The van der Waals surface area contributed by atoms with Gasteiger partial charge < -0.3 is 9.09 Å². The number of sulfonamides is 1. The van der Waals surface area contributed by atoms with Gasteiger partial charge in [-0.1, -0.05) is 5.16 Å². The SMILES string of the molecule is O=S(=O)(N[C@H]1CCC[C@@H](n2cnnc2)C1)c1c(F)cc(-c2noc(C3CC3)n2)cc1C1CC1. The van der Waals surface area contributed by atoms with Gasteiger partial charge in [0, 0.05) is 23.6 Å². The van der Waals surface area contributed by atoms with Gasteiger partial charge in [0.05, 0.1) is 0 Å². The van der Waals surface area contributed by atoms with Crippen molar-refractivity contribution in [3.8, 4) is 11.4 Å². The summed E-state index contributed by atoms with van der Waals surface area (Å²) in [6, 6.07) is 2.77. The molecule has 2 heterocycles. The van der Waals surface area contributed by atoms with Gasteiger partial charge in [0.15, 0.2) is 0 Å². The molecule has 2 aromatic heterocycles. The minimum absolute atomic E-state index is 0.0250. The normalized spacial score (nSPS) is 23.7. The van der Waals surface area contributed by atoms with E-state index in [2.05, 4.69) is 25.1 Å². The molecule has 1 aromatic carbocycles. The van der Waals surface area contributed by atoms with Crippen molar-refractivity contribution in [2.75, 3.05) is 0 Å². The molecule has 3 aliphatic rings. The van der Waals surface area contributed by atoms with Crippen molar-refractivity contribution >= 4 is 10.0 Å². The summed E-state index contributed by atoms with van der Waals surface area (Å²) in [5.74, 6) is 0.415. The number of benzene rings is 1. The summed E-state index contributed by atoms with van der Waals surface area (Å²) in [4.78, 5) is 4.16. The molecule has 0 bridgehead atoms. The Hall–Kier alpha value is -2.66. The molecule has 33 heavy (non-hydrogen) atoms. The molecule has 0 radical (unpaired) electrons. The van der Waals surface area contributed by atoms with Crippen molar-refractivity contribution in [1.29, 1.82) is 0 Å². The van der Waals surface area contributed by atoms with Gasteiger partial charge in [-0.15, -0.1) is 10.2 Å². The lowest BCUT2D eigenvalue weighted by molar-refractivity contribution is 0.305. The second-order valence-corrected chi connectivity index (χ2v) is 11.1. The molecule has 3 aliphatic carbocycles. The number of aromatic nitrogens is 5. The lowest BCUT2D eigenvalue weighted by Crippen LogP contribution is -2.39. The van der Waals surface area contributed by atoms with Crippen LogP contribution in [0.15, 0.2) is 34.2 Å². The third-order valence-electron chi connectivity index (χ3n) is 6.81. The summed E-state index contributed by atoms with van der Waals surface area (Å²) in [6.45, 7) is 0. The van der Waals surface area contributed by atoms with Crippen molar-refractivity contribution in [2.45, 2.75) is 80.2 Å². The van der Waals surface area contributed by atoms with E-state index in [1.807, 2.05) is 4.57 Å². The van der Waals surface area contributed by atoms with Gasteiger partial charge in [-0.3, -0.25) is 0 Å². The maximum atomic E-state index is 15.4.